The van der Waals surface area contributed by atoms with Gasteiger partial charge in [0.15, 0.2) is 5.84 Å². The van der Waals surface area contributed by atoms with Gasteiger partial charge in [-0.2, -0.15) is 5.10 Å². The van der Waals surface area contributed by atoms with Crippen LogP contribution >= 0.6 is 0 Å². The summed E-state index contributed by atoms with van der Waals surface area (Å²) in [4.78, 5) is 0. The van der Waals surface area contributed by atoms with E-state index in [1.54, 1.807) is 12.3 Å². The van der Waals surface area contributed by atoms with Crippen LogP contribution in [-0.4, -0.2) is 10.8 Å². The van der Waals surface area contributed by atoms with Gasteiger partial charge >= 0.3 is 0 Å². The predicted molar refractivity (Wildman–Crippen MR) is 42.7 cm³/mol. The fourth-order valence-electron chi connectivity index (χ4n) is 0.462. The molecule has 4 heteroatoms. The maximum atomic E-state index is 5.41. The summed E-state index contributed by atoms with van der Waals surface area (Å²) in [6.45, 7) is 5.31. The fraction of sp³-hybridized carbons (Fsp3) is 0.167. The molecule has 10 heavy (non-hydrogen) atoms. The third kappa shape index (κ3) is 2.32. The van der Waals surface area contributed by atoms with Crippen LogP contribution in [0.5, 0.6) is 0 Å². The van der Waals surface area contributed by atoms with Crippen molar-refractivity contribution in [3.8, 4) is 0 Å². The summed E-state index contributed by atoms with van der Waals surface area (Å²) in [7, 11) is 0. The quantitative estimate of drug-likeness (QED) is 0.248. The smallest absolute Gasteiger partial charge is 0.165 e. The van der Waals surface area contributed by atoms with Crippen LogP contribution in [0.1, 0.15) is 6.92 Å². The van der Waals surface area contributed by atoms with Crippen molar-refractivity contribution in [2.75, 3.05) is 0 Å². The van der Waals surface area contributed by atoms with Crippen LogP contribution in [0.4, 0.5) is 0 Å². The third-order valence-corrected chi connectivity index (χ3v) is 0.889. The van der Waals surface area contributed by atoms with E-state index in [9.17, 15) is 0 Å². The number of hydrogen-bond donors (Lipinski definition) is 2. The van der Waals surface area contributed by atoms with Crippen molar-refractivity contribution in [1.29, 1.82) is 0 Å². The molecule has 4 nitrogen and oxygen atoms in total. The van der Waals surface area contributed by atoms with Crippen LogP contribution in [-0.2, 0) is 0 Å². The van der Waals surface area contributed by atoms with Crippen LogP contribution < -0.4 is 11.7 Å². The molecule has 0 aliphatic carbocycles. The van der Waals surface area contributed by atoms with Gasteiger partial charge in [0.2, 0.25) is 0 Å². The van der Waals surface area contributed by atoms with E-state index >= 15 is 0 Å². The Kier molecular flexibility index (Phi) is 3.99. The Morgan fingerprint density at radius 2 is 2.30 bits per heavy atom. The molecule has 0 aromatic carbocycles. The van der Waals surface area contributed by atoms with E-state index in [0.717, 1.165) is 0 Å². The van der Waals surface area contributed by atoms with Gasteiger partial charge in [0.1, 0.15) is 0 Å². The molecule has 0 aliphatic rings. The normalized spacial score (nSPS) is 12.0. The fourth-order valence-corrected chi connectivity index (χ4v) is 0.462. The van der Waals surface area contributed by atoms with E-state index in [1.165, 1.54) is 11.1 Å². The summed E-state index contributed by atoms with van der Waals surface area (Å²) in [6, 6.07) is 0. The number of nitrogens with zero attached hydrogens (tertiary/aromatic N) is 2. The zero-order valence-electron chi connectivity index (χ0n) is 5.99. The molecule has 0 aromatic heterocycles. The third-order valence-electron chi connectivity index (χ3n) is 0.889. The summed E-state index contributed by atoms with van der Waals surface area (Å²) in [6.07, 6.45) is 4.88. The van der Waals surface area contributed by atoms with E-state index in [1.807, 2.05) is 6.92 Å². The first-order chi connectivity index (χ1) is 4.76. The van der Waals surface area contributed by atoms with E-state index in [0.29, 0.717) is 5.84 Å². The van der Waals surface area contributed by atoms with Gasteiger partial charge in [0.05, 0.1) is 0 Å². The highest BCUT2D eigenvalue weighted by molar-refractivity contribution is 5.92. The van der Waals surface area contributed by atoms with Gasteiger partial charge in [-0.15, -0.1) is 0 Å². The SMILES string of the molecule is C=C/C(=N/N)N(N)/C=C\C. The van der Waals surface area contributed by atoms with Gasteiger partial charge in [-0.1, -0.05) is 12.7 Å². The lowest BCUT2D eigenvalue weighted by atomic mass is 10.5. The predicted octanol–water partition coefficient (Wildman–Crippen LogP) is 0.154. The highest BCUT2D eigenvalue weighted by atomic mass is 15.4. The lowest BCUT2D eigenvalue weighted by molar-refractivity contribution is 0.596. The summed E-state index contributed by atoms with van der Waals surface area (Å²) >= 11 is 0. The summed E-state index contributed by atoms with van der Waals surface area (Å²) in [5.74, 6) is 10.8. The van der Waals surface area contributed by atoms with Crippen molar-refractivity contribution in [3.63, 3.8) is 0 Å². The Balaban J connectivity index is 4.16. The number of amidine groups is 1. The van der Waals surface area contributed by atoms with Gasteiger partial charge in [-0.3, -0.25) is 5.01 Å². The first-order valence-electron chi connectivity index (χ1n) is 2.83. The highest BCUT2D eigenvalue weighted by Gasteiger charge is 1.94. The Morgan fingerprint density at radius 1 is 1.70 bits per heavy atom. The van der Waals surface area contributed by atoms with Crippen LogP contribution in [0, 0.1) is 0 Å². The maximum Gasteiger partial charge on any atom is 0.165 e. The number of hydrazone groups is 1. The lowest BCUT2D eigenvalue weighted by Crippen LogP contribution is -2.31. The summed E-state index contributed by atoms with van der Waals surface area (Å²) in [5, 5.41) is 4.66. The van der Waals surface area contributed by atoms with Crippen LogP contribution in [0.25, 0.3) is 0 Å². The van der Waals surface area contributed by atoms with E-state index < -0.39 is 0 Å². The monoisotopic (exact) mass is 140 g/mol. The minimum Gasteiger partial charge on any atom is -0.321 e. The number of rotatable bonds is 2. The molecule has 56 valence electrons. The van der Waals surface area contributed by atoms with E-state index in [2.05, 4.69) is 11.7 Å². The molecule has 0 heterocycles. The first-order valence-corrected chi connectivity index (χ1v) is 2.83. The Hall–Kier alpha value is -1.29. The van der Waals surface area contributed by atoms with Crippen LogP contribution in [0.3, 0.4) is 0 Å². The van der Waals surface area contributed by atoms with Gasteiger partial charge in [-0.05, 0) is 13.0 Å². The van der Waals surface area contributed by atoms with Crippen molar-refractivity contribution in [2.45, 2.75) is 6.92 Å². The van der Waals surface area contributed by atoms with Gasteiger partial charge in [-0.25, -0.2) is 5.84 Å². The van der Waals surface area contributed by atoms with Crippen molar-refractivity contribution in [3.05, 3.63) is 24.9 Å². The highest BCUT2D eigenvalue weighted by Crippen LogP contribution is 1.84. The average molecular weight is 140 g/mol. The molecular formula is C6H12N4. The molecule has 0 aliphatic heterocycles. The minimum atomic E-state index is 0.429. The average Bonchev–Trinajstić information content (AvgIpc) is 1.91. The topological polar surface area (TPSA) is 67.6 Å². The Morgan fingerprint density at radius 3 is 2.60 bits per heavy atom. The minimum absolute atomic E-state index is 0.429. The largest absolute Gasteiger partial charge is 0.321 e. The molecule has 0 fully saturated rings. The summed E-state index contributed by atoms with van der Waals surface area (Å²) in [5.41, 5.74) is 0. The molecule has 0 aromatic rings. The maximum absolute atomic E-state index is 5.41. The Labute approximate surface area is 60.5 Å². The van der Waals surface area contributed by atoms with Gasteiger partial charge < -0.3 is 5.84 Å². The molecule has 0 atom stereocenters. The standard InChI is InChI=1S/C6H12N4/c1-3-5-10(8)6(4-2)9-7/h3-5H,2,7-8H2,1H3/b5-3-,9-6-. The zero-order chi connectivity index (χ0) is 7.98. The second-order valence-electron chi connectivity index (χ2n) is 1.58. The van der Waals surface area contributed by atoms with Gasteiger partial charge in [0.25, 0.3) is 0 Å². The van der Waals surface area contributed by atoms with Crippen molar-refractivity contribution < 1.29 is 0 Å². The second kappa shape index (κ2) is 4.58. The molecule has 0 saturated heterocycles. The molecule has 0 radical (unpaired) electrons. The molecular weight excluding hydrogens is 128 g/mol. The number of nitrogens with two attached hydrogens (primary N) is 2. The zero-order valence-corrected chi connectivity index (χ0v) is 5.99. The molecule has 0 spiro atoms. The number of hydrogen-bond acceptors (Lipinski definition) is 3. The molecule has 0 bridgehead atoms. The Bertz CT molecular complexity index is 159. The van der Waals surface area contributed by atoms with E-state index in [4.69, 9.17) is 11.7 Å². The van der Waals surface area contributed by atoms with Crippen molar-refractivity contribution in [1.82, 2.24) is 5.01 Å². The second-order valence-corrected chi connectivity index (χ2v) is 1.58. The first kappa shape index (κ1) is 8.71. The summed E-state index contributed by atoms with van der Waals surface area (Å²) < 4.78 is 0. The molecule has 0 rings (SSSR count). The van der Waals surface area contributed by atoms with Crippen LogP contribution in [0.15, 0.2) is 30.0 Å². The molecule has 4 N–H and O–H groups in total. The van der Waals surface area contributed by atoms with Crippen LogP contribution in [0.2, 0.25) is 0 Å². The van der Waals surface area contributed by atoms with Crippen molar-refractivity contribution >= 4 is 5.84 Å². The van der Waals surface area contributed by atoms with Crippen molar-refractivity contribution in [2.24, 2.45) is 16.8 Å². The number of allylic oxidation sites excluding steroid dienone is 1. The number of hydrazine groups is 1. The lowest BCUT2D eigenvalue weighted by Gasteiger charge is -2.10. The molecule has 0 unspecified atom stereocenters. The van der Waals surface area contributed by atoms with Gasteiger partial charge in [0, 0.05) is 6.20 Å². The molecule has 0 saturated carbocycles. The van der Waals surface area contributed by atoms with E-state index in [-0.39, 0.29) is 0 Å². The molecule has 0 amide bonds.